The monoisotopic (exact) mass is 376 g/mol. The number of nitrogens with one attached hydrogen (secondary N) is 1. The van der Waals surface area contributed by atoms with Gasteiger partial charge in [-0.1, -0.05) is 25.6 Å². The molecule has 0 aromatic carbocycles. The van der Waals surface area contributed by atoms with Crippen molar-refractivity contribution in [1.82, 2.24) is 10.2 Å². The van der Waals surface area contributed by atoms with Gasteiger partial charge in [0.25, 0.3) is 5.70 Å². The number of hydrogen-bond donors (Lipinski definition) is 1. The summed E-state index contributed by atoms with van der Waals surface area (Å²) in [7, 11) is 1.38. The van der Waals surface area contributed by atoms with Crippen molar-refractivity contribution in [3.05, 3.63) is 45.8 Å². The summed E-state index contributed by atoms with van der Waals surface area (Å²) in [6.45, 7) is 10.7. The zero-order valence-electron chi connectivity index (χ0n) is 16.4. The van der Waals surface area contributed by atoms with Gasteiger partial charge in [0.2, 0.25) is 5.91 Å². The number of amides is 1. The lowest BCUT2D eigenvalue weighted by Gasteiger charge is -2.31. The maximum atomic E-state index is 12.8. The van der Waals surface area contributed by atoms with E-state index < -0.39 is 4.92 Å². The molecule has 1 fully saturated rings. The van der Waals surface area contributed by atoms with Crippen molar-refractivity contribution >= 4 is 11.6 Å². The molecule has 0 saturated carbocycles. The summed E-state index contributed by atoms with van der Waals surface area (Å²) in [5, 5.41) is 18.2. The average molecular weight is 376 g/mol. The van der Waals surface area contributed by atoms with Crippen molar-refractivity contribution in [1.29, 1.82) is 0 Å². The van der Waals surface area contributed by atoms with Crippen LogP contribution in [0, 0.1) is 16.0 Å². The van der Waals surface area contributed by atoms with Crippen LogP contribution in [0.1, 0.15) is 40.0 Å². The first kappa shape index (κ1) is 20.7. The zero-order valence-corrected chi connectivity index (χ0v) is 16.4. The van der Waals surface area contributed by atoms with Crippen molar-refractivity contribution in [2.24, 2.45) is 11.1 Å². The lowest BCUT2D eigenvalue weighted by atomic mass is 9.99. The Hall–Kier alpha value is -2.64. The number of oxime groups is 1. The fourth-order valence-electron chi connectivity index (χ4n) is 3.64. The number of hydrogen-bond acceptors (Lipinski definition) is 6. The summed E-state index contributed by atoms with van der Waals surface area (Å²) in [5.41, 5.74) is 0.974. The summed E-state index contributed by atoms with van der Waals surface area (Å²) >= 11 is 0. The van der Waals surface area contributed by atoms with Gasteiger partial charge in [-0.05, 0) is 38.2 Å². The smallest absolute Gasteiger partial charge is 0.278 e. The van der Waals surface area contributed by atoms with Gasteiger partial charge < -0.3 is 15.1 Å². The van der Waals surface area contributed by atoms with E-state index in [9.17, 15) is 14.9 Å². The highest BCUT2D eigenvalue weighted by Crippen LogP contribution is 2.30. The number of rotatable bonds is 7. The molecule has 1 N–H and O–H groups in total. The Labute approximate surface area is 159 Å². The maximum absolute atomic E-state index is 12.8. The molecule has 0 aromatic heterocycles. The third kappa shape index (κ3) is 4.75. The van der Waals surface area contributed by atoms with Gasteiger partial charge in [-0.2, -0.15) is 0 Å². The highest BCUT2D eigenvalue weighted by atomic mass is 16.6. The fourth-order valence-corrected chi connectivity index (χ4v) is 3.64. The van der Waals surface area contributed by atoms with Gasteiger partial charge >= 0.3 is 0 Å². The van der Waals surface area contributed by atoms with E-state index in [0.29, 0.717) is 23.9 Å². The fraction of sp³-hybridized carbons (Fsp3) is 0.579. The second kappa shape index (κ2) is 8.83. The Morgan fingerprint density at radius 3 is 2.78 bits per heavy atom. The Morgan fingerprint density at radius 1 is 1.48 bits per heavy atom. The van der Waals surface area contributed by atoms with Gasteiger partial charge in [-0.25, -0.2) is 0 Å². The Balaban J connectivity index is 2.26. The minimum absolute atomic E-state index is 0.0343. The van der Waals surface area contributed by atoms with Gasteiger partial charge in [0.1, 0.15) is 18.9 Å². The Kier molecular flexibility index (Phi) is 6.76. The van der Waals surface area contributed by atoms with Crippen LogP contribution in [0.2, 0.25) is 0 Å². The molecular formula is C19H28N4O4. The summed E-state index contributed by atoms with van der Waals surface area (Å²) in [6, 6.07) is -0.255. The van der Waals surface area contributed by atoms with Gasteiger partial charge in [0.05, 0.1) is 16.2 Å². The summed E-state index contributed by atoms with van der Waals surface area (Å²) in [5.74, 6) is 0.462. The lowest BCUT2D eigenvalue weighted by molar-refractivity contribution is -0.420. The van der Waals surface area contributed by atoms with Gasteiger partial charge in [0.15, 0.2) is 0 Å². The number of carbonyl (C=O) groups excluding carboxylic acids is 1. The Morgan fingerprint density at radius 2 is 2.19 bits per heavy atom. The van der Waals surface area contributed by atoms with Crippen LogP contribution in [0.25, 0.3) is 0 Å². The molecule has 0 radical (unpaired) electrons. The van der Waals surface area contributed by atoms with Crippen LogP contribution in [0.5, 0.6) is 0 Å². The molecule has 0 spiro atoms. The number of allylic oxidation sites excluding steroid dienone is 4. The Bertz CT molecular complexity index is 708. The van der Waals surface area contributed by atoms with Crippen LogP contribution < -0.4 is 5.32 Å². The first-order valence-electron chi connectivity index (χ1n) is 9.20. The first-order chi connectivity index (χ1) is 12.8. The molecule has 8 heteroatoms. The van der Waals surface area contributed by atoms with E-state index in [1.807, 2.05) is 11.8 Å². The molecule has 1 aliphatic heterocycles. The van der Waals surface area contributed by atoms with Gasteiger partial charge in [0, 0.05) is 18.7 Å². The topological polar surface area (TPSA) is 97.1 Å². The standard InChI is InChI=1S/C19H28N4O4/c1-12(2)11-13(3)20-19(24)17-7-6-10-22(17)16-9-8-15(23(25)26)14(4)18(16)21-27-5/h8-9,12-13,17H,4,6-7,10-11H2,1-3,5H3,(H,20,24)/b21-18+/t13?,17-/m0/s1. The van der Waals surface area contributed by atoms with Crippen LogP contribution in [0.3, 0.4) is 0 Å². The molecule has 0 bridgehead atoms. The van der Waals surface area contributed by atoms with Gasteiger partial charge in [-0.3, -0.25) is 14.9 Å². The van der Waals surface area contributed by atoms with E-state index in [0.717, 1.165) is 19.3 Å². The third-order valence-electron chi connectivity index (χ3n) is 4.69. The number of nitro groups is 1. The molecule has 1 saturated heterocycles. The van der Waals surface area contributed by atoms with Crippen LogP contribution in [-0.4, -0.2) is 47.2 Å². The van der Waals surface area contributed by atoms with Crippen molar-refractivity contribution in [2.75, 3.05) is 13.7 Å². The second-order valence-corrected chi connectivity index (χ2v) is 7.35. The van der Waals surface area contributed by atoms with E-state index in [1.54, 1.807) is 6.08 Å². The molecule has 1 heterocycles. The van der Waals surface area contributed by atoms with E-state index in [1.165, 1.54) is 13.2 Å². The predicted octanol–water partition coefficient (Wildman–Crippen LogP) is 2.62. The van der Waals surface area contributed by atoms with Crippen LogP contribution in [-0.2, 0) is 9.63 Å². The van der Waals surface area contributed by atoms with Crippen LogP contribution >= 0.6 is 0 Å². The molecule has 148 valence electrons. The van der Waals surface area contributed by atoms with E-state index >= 15 is 0 Å². The minimum atomic E-state index is -0.497. The molecule has 2 rings (SSSR count). The summed E-state index contributed by atoms with van der Waals surface area (Å²) < 4.78 is 0. The van der Waals surface area contributed by atoms with Crippen LogP contribution in [0.15, 0.2) is 40.9 Å². The molecule has 8 nitrogen and oxygen atoms in total. The largest absolute Gasteiger partial charge is 0.399 e. The molecule has 1 amide bonds. The molecule has 1 aliphatic carbocycles. The average Bonchev–Trinajstić information content (AvgIpc) is 3.05. The number of nitrogens with zero attached hydrogens (tertiary/aromatic N) is 3. The van der Waals surface area contributed by atoms with E-state index in [-0.39, 0.29) is 29.3 Å². The van der Waals surface area contributed by atoms with Gasteiger partial charge in [-0.15, -0.1) is 0 Å². The predicted molar refractivity (Wildman–Crippen MR) is 104 cm³/mol. The highest BCUT2D eigenvalue weighted by molar-refractivity contribution is 6.15. The number of likely N-dealkylation sites (tertiary alicyclic amines) is 1. The lowest BCUT2D eigenvalue weighted by Crippen LogP contribution is -2.47. The molecule has 2 aliphatic rings. The summed E-state index contributed by atoms with van der Waals surface area (Å²) in [6.07, 6.45) is 5.50. The SMILES string of the molecule is C=C1C([N+](=O)[O-])=CC=C(N2CCC[C@H]2C(=O)NC(C)CC(C)C)/C1=N/OC. The van der Waals surface area contributed by atoms with Crippen molar-refractivity contribution in [3.63, 3.8) is 0 Å². The molecule has 1 unspecified atom stereocenters. The number of carbonyl (C=O) groups is 1. The third-order valence-corrected chi connectivity index (χ3v) is 4.69. The molecule has 0 aromatic rings. The zero-order chi connectivity index (χ0) is 20.1. The summed E-state index contributed by atoms with van der Waals surface area (Å²) in [4.78, 5) is 30.3. The second-order valence-electron chi connectivity index (χ2n) is 7.35. The first-order valence-corrected chi connectivity index (χ1v) is 9.20. The van der Waals surface area contributed by atoms with Crippen LogP contribution in [0.4, 0.5) is 0 Å². The van der Waals surface area contributed by atoms with Crippen molar-refractivity contribution < 1.29 is 14.6 Å². The highest BCUT2D eigenvalue weighted by Gasteiger charge is 2.37. The van der Waals surface area contributed by atoms with E-state index in [4.69, 9.17) is 4.84 Å². The molecule has 27 heavy (non-hydrogen) atoms. The van der Waals surface area contributed by atoms with Crippen molar-refractivity contribution in [2.45, 2.75) is 52.1 Å². The van der Waals surface area contributed by atoms with Crippen molar-refractivity contribution in [3.8, 4) is 0 Å². The molecule has 2 atom stereocenters. The quantitative estimate of drug-likeness (QED) is 0.544. The normalized spacial score (nSPS) is 22.6. The van der Waals surface area contributed by atoms with E-state index in [2.05, 4.69) is 30.9 Å². The maximum Gasteiger partial charge on any atom is 0.278 e. The molecular weight excluding hydrogens is 348 g/mol. The minimum Gasteiger partial charge on any atom is -0.399 e.